The highest BCUT2D eigenvalue weighted by atomic mass is 16.7. The van der Waals surface area contributed by atoms with Gasteiger partial charge in [0.1, 0.15) is 6.10 Å². The molecule has 0 aliphatic carbocycles. The first-order valence-corrected chi connectivity index (χ1v) is 5.21. The fourth-order valence-corrected chi connectivity index (χ4v) is 1.82. The van der Waals surface area contributed by atoms with Crippen molar-refractivity contribution in [2.45, 2.75) is 38.1 Å². The van der Waals surface area contributed by atoms with E-state index in [4.69, 9.17) is 14.2 Å². The van der Waals surface area contributed by atoms with E-state index in [0.29, 0.717) is 13.0 Å². The lowest BCUT2D eigenvalue weighted by molar-refractivity contribution is -0.280. The lowest BCUT2D eigenvalue weighted by Crippen LogP contribution is -2.55. The van der Waals surface area contributed by atoms with Gasteiger partial charge in [-0.2, -0.15) is 0 Å². The standard InChI is InChI=1S/C10H18O5/c1-3-15-10(13-2,9(11)12)8-6-4-5-7-14-8/h8H,3-7H2,1-2H3,(H,11,12). The fraction of sp³-hybridized carbons (Fsp3) is 0.900. The Morgan fingerprint density at radius 1 is 1.60 bits per heavy atom. The number of hydrogen-bond donors (Lipinski definition) is 1. The largest absolute Gasteiger partial charge is 0.477 e. The second-order valence-electron chi connectivity index (χ2n) is 3.47. The summed E-state index contributed by atoms with van der Waals surface area (Å²) < 4.78 is 15.7. The maximum atomic E-state index is 11.2. The van der Waals surface area contributed by atoms with Gasteiger partial charge in [-0.05, 0) is 26.2 Å². The number of carbonyl (C=O) groups is 1. The summed E-state index contributed by atoms with van der Waals surface area (Å²) in [6.45, 7) is 2.58. The fourth-order valence-electron chi connectivity index (χ4n) is 1.82. The first-order chi connectivity index (χ1) is 7.17. The summed E-state index contributed by atoms with van der Waals surface area (Å²) in [5.74, 6) is -2.77. The molecule has 1 fully saturated rings. The average molecular weight is 218 g/mol. The predicted molar refractivity (Wildman–Crippen MR) is 52.6 cm³/mol. The van der Waals surface area contributed by atoms with E-state index in [-0.39, 0.29) is 6.61 Å². The Bertz CT molecular complexity index is 212. The van der Waals surface area contributed by atoms with Crippen LogP contribution in [0.15, 0.2) is 0 Å². The molecule has 5 heteroatoms. The van der Waals surface area contributed by atoms with E-state index in [1.165, 1.54) is 7.11 Å². The van der Waals surface area contributed by atoms with Crippen molar-refractivity contribution in [1.29, 1.82) is 0 Å². The number of methoxy groups -OCH3 is 1. The number of aliphatic carboxylic acids is 1. The summed E-state index contributed by atoms with van der Waals surface area (Å²) >= 11 is 0. The molecular weight excluding hydrogens is 200 g/mol. The molecule has 0 spiro atoms. The molecule has 2 atom stereocenters. The number of carboxylic acids is 1. The minimum absolute atomic E-state index is 0.278. The van der Waals surface area contributed by atoms with Gasteiger partial charge in [-0.15, -0.1) is 0 Å². The van der Waals surface area contributed by atoms with E-state index in [1.807, 2.05) is 0 Å². The Morgan fingerprint density at radius 2 is 2.33 bits per heavy atom. The van der Waals surface area contributed by atoms with Crippen LogP contribution in [0.5, 0.6) is 0 Å². The Kier molecular flexibility index (Phi) is 4.50. The average Bonchev–Trinajstić information content (AvgIpc) is 2.26. The molecule has 0 bridgehead atoms. The van der Waals surface area contributed by atoms with Gasteiger partial charge in [-0.25, -0.2) is 4.79 Å². The summed E-state index contributed by atoms with van der Waals surface area (Å²) in [6, 6.07) is 0. The smallest absolute Gasteiger partial charge is 0.367 e. The van der Waals surface area contributed by atoms with Crippen LogP contribution in [-0.4, -0.2) is 43.3 Å². The molecule has 1 heterocycles. The number of hydrogen-bond acceptors (Lipinski definition) is 4. The highest BCUT2D eigenvalue weighted by molar-refractivity contribution is 5.76. The van der Waals surface area contributed by atoms with Crippen molar-refractivity contribution in [3.63, 3.8) is 0 Å². The first kappa shape index (κ1) is 12.4. The summed E-state index contributed by atoms with van der Waals surface area (Å²) in [7, 11) is 1.34. The minimum atomic E-state index is -1.64. The third kappa shape index (κ3) is 2.48. The van der Waals surface area contributed by atoms with E-state index < -0.39 is 17.9 Å². The van der Waals surface area contributed by atoms with E-state index in [2.05, 4.69) is 0 Å². The second-order valence-corrected chi connectivity index (χ2v) is 3.47. The highest BCUT2D eigenvalue weighted by Crippen LogP contribution is 2.28. The molecule has 88 valence electrons. The van der Waals surface area contributed by atoms with Gasteiger partial charge in [0.15, 0.2) is 0 Å². The molecule has 1 aliphatic rings. The molecule has 1 N–H and O–H groups in total. The zero-order chi connectivity index (χ0) is 11.3. The van der Waals surface area contributed by atoms with E-state index in [1.54, 1.807) is 6.92 Å². The van der Waals surface area contributed by atoms with E-state index in [9.17, 15) is 9.90 Å². The van der Waals surface area contributed by atoms with Gasteiger partial charge < -0.3 is 19.3 Å². The highest BCUT2D eigenvalue weighted by Gasteiger charge is 2.49. The number of rotatable bonds is 5. The van der Waals surface area contributed by atoms with Crippen LogP contribution in [0.3, 0.4) is 0 Å². The maximum Gasteiger partial charge on any atom is 0.367 e. The topological polar surface area (TPSA) is 65.0 Å². The molecule has 5 nitrogen and oxygen atoms in total. The van der Waals surface area contributed by atoms with Crippen molar-refractivity contribution < 1.29 is 24.1 Å². The third-order valence-corrected chi connectivity index (χ3v) is 2.56. The molecule has 1 aliphatic heterocycles. The summed E-state index contributed by atoms with van der Waals surface area (Å²) in [4.78, 5) is 11.2. The molecule has 0 saturated carbocycles. The first-order valence-electron chi connectivity index (χ1n) is 5.21. The Hall–Kier alpha value is -0.650. The number of carboxylic acid groups (broad SMARTS) is 1. The summed E-state index contributed by atoms with van der Waals surface area (Å²) in [6.07, 6.45) is 2.03. The Balaban J connectivity index is 2.80. The molecule has 0 aromatic heterocycles. The van der Waals surface area contributed by atoms with Crippen LogP contribution in [0, 0.1) is 0 Å². The molecule has 0 aromatic rings. The van der Waals surface area contributed by atoms with Crippen molar-refractivity contribution in [1.82, 2.24) is 0 Å². The normalized spacial score (nSPS) is 25.9. The molecule has 0 radical (unpaired) electrons. The van der Waals surface area contributed by atoms with E-state index >= 15 is 0 Å². The van der Waals surface area contributed by atoms with Gasteiger partial charge in [0.05, 0.1) is 0 Å². The van der Waals surface area contributed by atoms with Gasteiger partial charge in [-0.1, -0.05) is 0 Å². The van der Waals surface area contributed by atoms with Crippen LogP contribution in [0.2, 0.25) is 0 Å². The minimum Gasteiger partial charge on any atom is -0.477 e. The van der Waals surface area contributed by atoms with Gasteiger partial charge in [0.2, 0.25) is 0 Å². The third-order valence-electron chi connectivity index (χ3n) is 2.56. The van der Waals surface area contributed by atoms with Gasteiger partial charge in [0.25, 0.3) is 5.79 Å². The van der Waals surface area contributed by atoms with E-state index in [0.717, 1.165) is 12.8 Å². The van der Waals surface area contributed by atoms with Gasteiger partial charge in [-0.3, -0.25) is 0 Å². The monoisotopic (exact) mass is 218 g/mol. The molecule has 0 amide bonds. The molecular formula is C10H18O5. The maximum absolute atomic E-state index is 11.2. The second kappa shape index (κ2) is 5.44. The molecule has 2 unspecified atom stereocenters. The Labute approximate surface area is 89.3 Å². The molecule has 0 aromatic carbocycles. The molecule has 1 saturated heterocycles. The summed E-state index contributed by atoms with van der Waals surface area (Å²) in [5, 5.41) is 9.18. The van der Waals surface area contributed by atoms with Gasteiger partial charge >= 0.3 is 5.97 Å². The Morgan fingerprint density at radius 3 is 2.73 bits per heavy atom. The lowest BCUT2D eigenvalue weighted by Gasteiger charge is -2.36. The zero-order valence-corrected chi connectivity index (χ0v) is 9.19. The van der Waals surface area contributed by atoms with Crippen molar-refractivity contribution in [2.24, 2.45) is 0 Å². The summed E-state index contributed by atoms with van der Waals surface area (Å²) in [5.41, 5.74) is 0. The molecule has 1 rings (SSSR count). The molecule has 15 heavy (non-hydrogen) atoms. The van der Waals surface area contributed by atoms with Crippen LogP contribution in [-0.2, 0) is 19.0 Å². The van der Waals surface area contributed by atoms with Crippen LogP contribution < -0.4 is 0 Å². The number of ether oxygens (including phenoxy) is 3. The van der Waals surface area contributed by atoms with Crippen molar-refractivity contribution >= 4 is 5.97 Å². The predicted octanol–water partition coefficient (Wildman–Crippen LogP) is 1.02. The lowest BCUT2D eigenvalue weighted by atomic mass is 10.0. The van der Waals surface area contributed by atoms with Crippen LogP contribution in [0.4, 0.5) is 0 Å². The zero-order valence-electron chi connectivity index (χ0n) is 9.19. The van der Waals surface area contributed by atoms with Crippen LogP contribution in [0.25, 0.3) is 0 Å². The van der Waals surface area contributed by atoms with Crippen LogP contribution in [0.1, 0.15) is 26.2 Å². The van der Waals surface area contributed by atoms with Crippen LogP contribution >= 0.6 is 0 Å². The van der Waals surface area contributed by atoms with Crippen molar-refractivity contribution in [3.05, 3.63) is 0 Å². The van der Waals surface area contributed by atoms with Crippen molar-refractivity contribution in [3.8, 4) is 0 Å². The van der Waals surface area contributed by atoms with Crippen molar-refractivity contribution in [2.75, 3.05) is 20.3 Å². The van der Waals surface area contributed by atoms with Gasteiger partial charge in [0, 0.05) is 20.3 Å². The SMILES string of the molecule is CCOC(OC)(C(=O)O)C1CCCCO1. The quantitative estimate of drug-likeness (QED) is 0.698.